The Labute approximate surface area is 163 Å². The molecule has 0 saturated carbocycles. The van der Waals surface area contributed by atoms with Crippen LogP contribution in [0.25, 0.3) is 0 Å². The van der Waals surface area contributed by atoms with E-state index in [-0.39, 0.29) is 18.7 Å². The number of methoxy groups -OCH3 is 1. The highest BCUT2D eigenvalue weighted by molar-refractivity contribution is 5.90. The number of esters is 1. The van der Waals surface area contributed by atoms with Gasteiger partial charge >= 0.3 is 5.97 Å². The lowest BCUT2D eigenvalue weighted by atomic mass is 10.0. The van der Waals surface area contributed by atoms with E-state index in [1.54, 1.807) is 0 Å². The summed E-state index contributed by atoms with van der Waals surface area (Å²) in [5.41, 5.74) is 1.53. The number of hydrogen-bond acceptors (Lipinski definition) is 4. The third-order valence-corrected chi connectivity index (χ3v) is 4.13. The van der Waals surface area contributed by atoms with E-state index >= 15 is 0 Å². The number of carbonyl (C=O) groups is 3. The van der Waals surface area contributed by atoms with Gasteiger partial charge in [-0.2, -0.15) is 0 Å². The average molecular weight is 386 g/mol. The summed E-state index contributed by atoms with van der Waals surface area (Å²) in [5.74, 6) is -1.88. The number of halogens is 1. The van der Waals surface area contributed by atoms with E-state index in [1.807, 2.05) is 30.3 Å². The molecule has 2 rings (SSSR count). The van der Waals surface area contributed by atoms with Crippen molar-refractivity contribution in [3.63, 3.8) is 0 Å². The summed E-state index contributed by atoms with van der Waals surface area (Å²) in [4.78, 5) is 36.4. The molecule has 2 atom stereocenters. The Morgan fingerprint density at radius 1 is 0.893 bits per heavy atom. The number of amides is 2. The Hall–Kier alpha value is -3.22. The van der Waals surface area contributed by atoms with Gasteiger partial charge in [0.2, 0.25) is 11.8 Å². The first kappa shape index (κ1) is 21.1. The first-order valence-electron chi connectivity index (χ1n) is 8.82. The Bertz CT molecular complexity index is 809. The summed E-state index contributed by atoms with van der Waals surface area (Å²) >= 11 is 0. The van der Waals surface area contributed by atoms with Crippen LogP contribution in [0.2, 0.25) is 0 Å². The first-order valence-corrected chi connectivity index (χ1v) is 8.82. The molecule has 148 valence electrons. The van der Waals surface area contributed by atoms with Gasteiger partial charge in [-0.15, -0.1) is 0 Å². The highest BCUT2D eigenvalue weighted by atomic mass is 19.1. The summed E-state index contributed by atoms with van der Waals surface area (Å²) in [6.07, 6.45) is 0.410. The summed E-state index contributed by atoms with van der Waals surface area (Å²) in [5, 5.41) is 5.24. The van der Waals surface area contributed by atoms with Crippen LogP contribution in [-0.2, 0) is 32.0 Å². The van der Waals surface area contributed by atoms with Gasteiger partial charge in [0.25, 0.3) is 0 Å². The molecular weight excluding hydrogens is 363 g/mol. The maximum Gasteiger partial charge on any atom is 0.328 e. The molecule has 0 radical (unpaired) electrons. The van der Waals surface area contributed by atoms with E-state index in [2.05, 4.69) is 10.6 Å². The number of nitrogens with one attached hydrogen (secondary N) is 2. The molecule has 0 aliphatic heterocycles. The van der Waals surface area contributed by atoms with E-state index < -0.39 is 29.8 Å². The summed E-state index contributed by atoms with van der Waals surface area (Å²) in [6, 6.07) is 13.0. The first-order chi connectivity index (χ1) is 13.4. The molecule has 0 unspecified atom stereocenters. The predicted octanol–water partition coefficient (Wildman–Crippen LogP) is 1.77. The van der Waals surface area contributed by atoms with E-state index in [0.29, 0.717) is 5.56 Å². The van der Waals surface area contributed by atoms with Gasteiger partial charge in [-0.05, 0) is 23.3 Å². The summed E-state index contributed by atoms with van der Waals surface area (Å²) in [6.45, 7) is 1.32. The molecule has 0 aliphatic carbocycles. The second-order valence-corrected chi connectivity index (χ2v) is 6.36. The fraction of sp³-hybridized carbons (Fsp3) is 0.286. The van der Waals surface area contributed by atoms with Gasteiger partial charge < -0.3 is 15.4 Å². The van der Waals surface area contributed by atoms with Crippen LogP contribution in [0.3, 0.4) is 0 Å². The normalized spacial score (nSPS) is 12.5. The monoisotopic (exact) mass is 386 g/mol. The molecule has 7 heteroatoms. The second kappa shape index (κ2) is 10.2. The molecular formula is C21H23FN2O4. The van der Waals surface area contributed by atoms with Crippen molar-refractivity contribution in [2.75, 3.05) is 7.11 Å². The maximum absolute atomic E-state index is 13.1. The molecule has 0 spiro atoms. The van der Waals surface area contributed by atoms with Crippen molar-refractivity contribution < 1.29 is 23.5 Å². The van der Waals surface area contributed by atoms with Crippen LogP contribution < -0.4 is 10.6 Å². The number of ether oxygens (including phenoxy) is 1. The molecule has 2 N–H and O–H groups in total. The summed E-state index contributed by atoms with van der Waals surface area (Å²) in [7, 11) is 1.22. The SMILES string of the molecule is COC(=O)[C@H](Cc1ccc(F)cc1)NC(=O)[C@@H](Cc1ccccc1)NC(C)=O. The second-order valence-electron chi connectivity index (χ2n) is 6.36. The Kier molecular flexibility index (Phi) is 7.68. The van der Waals surface area contributed by atoms with Crippen molar-refractivity contribution in [1.29, 1.82) is 0 Å². The highest BCUT2D eigenvalue weighted by Gasteiger charge is 2.27. The molecule has 0 fully saturated rings. The third kappa shape index (κ3) is 6.50. The minimum atomic E-state index is -0.963. The van der Waals surface area contributed by atoms with Crippen LogP contribution in [0.5, 0.6) is 0 Å². The van der Waals surface area contributed by atoms with Gasteiger partial charge in [-0.1, -0.05) is 42.5 Å². The number of benzene rings is 2. The van der Waals surface area contributed by atoms with E-state index in [1.165, 1.54) is 38.3 Å². The number of rotatable bonds is 8. The van der Waals surface area contributed by atoms with Crippen molar-refractivity contribution in [1.82, 2.24) is 10.6 Å². The lowest BCUT2D eigenvalue weighted by Crippen LogP contribution is -2.53. The van der Waals surface area contributed by atoms with Crippen molar-refractivity contribution in [2.24, 2.45) is 0 Å². The van der Waals surface area contributed by atoms with E-state index in [4.69, 9.17) is 4.74 Å². The predicted molar refractivity (Wildman–Crippen MR) is 102 cm³/mol. The standard InChI is InChI=1S/C21H23FN2O4/c1-14(25)23-18(12-15-6-4-3-5-7-15)20(26)24-19(21(27)28-2)13-16-8-10-17(22)11-9-16/h3-11,18-19H,12-13H2,1-2H3,(H,23,25)(H,24,26)/t18-,19+/m1/s1. The molecule has 0 bridgehead atoms. The zero-order valence-electron chi connectivity index (χ0n) is 15.8. The smallest absolute Gasteiger partial charge is 0.328 e. The minimum Gasteiger partial charge on any atom is -0.467 e. The molecule has 28 heavy (non-hydrogen) atoms. The van der Waals surface area contributed by atoms with Crippen LogP contribution in [0.15, 0.2) is 54.6 Å². The Morgan fingerprint density at radius 2 is 1.46 bits per heavy atom. The number of carbonyl (C=O) groups excluding carboxylic acids is 3. The van der Waals surface area contributed by atoms with Crippen LogP contribution in [0.4, 0.5) is 4.39 Å². The third-order valence-electron chi connectivity index (χ3n) is 4.13. The minimum absolute atomic E-state index is 0.136. The molecule has 0 aliphatic rings. The topological polar surface area (TPSA) is 84.5 Å². The van der Waals surface area contributed by atoms with Crippen molar-refractivity contribution >= 4 is 17.8 Å². The van der Waals surface area contributed by atoms with Gasteiger partial charge in [0.05, 0.1) is 7.11 Å². The van der Waals surface area contributed by atoms with Crippen LogP contribution in [-0.4, -0.2) is 37.0 Å². The molecule has 2 aromatic rings. The summed E-state index contributed by atoms with van der Waals surface area (Å²) < 4.78 is 17.9. The fourth-order valence-corrected chi connectivity index (χ4v) is 2.77. The largest absolute Gasteiger partial charge is 0.467 e. The van der Waals surface area contributed by atoms with Gasteiger partial charge in [-0.3, -0.25) is 9.59 Å². The fourth-order valence-electron chi connectivity index (χ4n) is 2.77. The van der Waals surface area contributed by atoms with Crippen molar-refractivity contribution in [2.45, 2.75) is 31.8 Å². The van der Waals surface area contributed by atoms with Crippen molar-refractivity contribution in [3.8, 4) is 0 Å². The highest BCUT2D eigenvalue weighted by Crippen LogP contribution is 2.09. The Balaban J connectivity index is 2.14. The molecule has 2 amide bonds. The molecule has 6 nitrogen and oxygen atoms in total. The maximum atomic E-state index is 13.1. The van der Waals surface area contributed by atoms with Gasteiger partial charge in [0.1, 0.15) is 17.9 Å². The van der Waals surface area contributed by atoms with Gasteiger partial charge in [0, 0.05) is 19.8 Å². The van der Waals surface area contributed by atoms with Crippen LogP contribution in [0, 0.1) is 5.82 Å². The van der Waals surface area contributed by atoms with E-state index in [0.717, 1.165) is 5.56 Å². The zero-order valence-corrected chi connectivity index (χ0v) is 15.8. The lowest BCUT2D eigenvalue weighted by molar-refractivity contribution is -0.145. The van der Waals surface area contributed by atoms with Gasteiger partial charge in [-0.25, -0.2) is 9.18 Å². The molecule has 0 aromatic heterocycles. The lowest BCUT2D eigenvalue weighted by Gasteiger charge is -2.22. The number of hydrogen-bond donors (Lipinski definition) is 2. The molecule has 0 saturated heterocycles. The van der Waals surface area contributed by atoms with Gasteiger partial charge in [0.15, 0.2) is 0 Å². The quantitative estimate of drug-likeness (QED) is 0.678. The van der Waals surface area contributed by atoms with Crippen LogP contribution in [0.1, 0.15) is 18.1 Å². The van der Waals surface area contributed by atoms with Crippen LogP contribution >= 0.6 is 0 Å². The van der Waals surface area contributed by atoms with Crippen molar-refractivity contribution in [3.05, 3.63) is 71.5 Å². The Morgan fingerprint density at radius 3 is 2.04 bits per heavy atom. The average Bonchev–Trinajstić information content (AvgIpc) is 2.68. The molecule has 2 aromatic carbocycles. The van der Waals surface area contributed by atoms with E-state index in [9.17, 15) is 18.8 Å². The molecule has 0 heterocycles. The zero-order chi connectivity index (χ0) is 20.5.